The van der Waals surface area contributed by atoms with Gasteiger partial charge in [0.25, 0.3) is 0 Å². The number of esters is 1. The molecule has 0 aliphatic heterocycles. The van der Waals surface area contributed by atoms with E-state index in [1.165, 1.54) is 18.2 Å². The number of hydrogen-bond acceptors (Lipinski definition) is 3. The molecule has 0 fully saturated rings. The quantitative estimate of drug-likeness (QED) is 0.850. The second-order valence-corrected chi connectivity index (χ2v) is 4.87. The van der Waals surface area contributed by atoms with Crippen LogP contribution >= 0.6 is 15.9 Å². The predicted octanol–water partition coefficient (Wildman–Crippen LogP) is 2.97. The van der Waals surface area contributed by atoms with Crippen molar-refractivity contribution in [1.82, 2.24) is 5.32 Å². The minimum atomic E-state index is -0.169. The molecule has 94 valence electrons. The number of nitrogens with one attached hydrogen (secondary N) is 1. The van der Waals surface area contributed by atoms with Crippen molar-refractivity contribution in [2.45, 2.75) is 25.8 Å². The van der Waals surface area contributed by atoms with E-state index in [0.29, 0.717) is 6.42 Å². The van der Waals surface area contributed by atoms with Crippen LogP contribution in [0, 0.1) is 6.92 Å². The van der Waals surface area contributed by atoms with E-state index in [0.717, 1.165) is 10.9 Å². The molecular formula is C13H18BrNO2. The zero-order valence-electron chi connectivity index (χ0n) is 10.4. The third kappa shape index (κ3) is 4.13. The molecule has 4 heteroatoms. The van der Waals surface area contributed by atoms with Crippen molar-refractivity contribution in [3.63, 3.8) is 0 Å². The average Bonchev–Trinajstić information content (AvgIpc) is 2.33. The van der Waals surface area contributed by atoms with Crippen LogP contribution in [0.25, 0.3) is 0 Å². The standard InChI is InChI=1S/C13H18BrNO2/c1-9-4-5-10(14)8-11(9)12(15-2)6-7-13(16)17-3/h4-5,8,12,15H,6-7H2,1-3H3. The molecule has 1 rings (SSSR count). The van der Waals surface area contributed by atoms with Crippen molar-refractivity contribution in [3.05, 3.63) is 33.8 Å². The van der Waals surface area contributed by atoms with Gasteiger partial charge in [-0.2, -0.15) is 0 Å². The highest BCUT2D eigenvalue weighted by Crippen LogP contribution is 2.25. The van der Waals surface area contributed by atoms with Gasteiger partial charge in [-0.1, -0.05) is 22.0 Å². The average molecular weight is 300 g/mol. The van der Waals surface area contributed by atoms with Gasteiger partial charge in [0, 0.05) is 16.9 Å². The molecule has 0 radical (unpaired) electrons. The van der Waals surface area contributed by atoms with Crippen molar-refractivity contribution in [2.24, 2.45) is 0 Å². The first kappa shape index (κ1) is 14.2. The van der Waals surface area contributed by atoms with Crippen LogP contribution in [0.4, 0.5) is 0 Å². The first-order valence-electron chi connectivity index (χ1n) is 5.58. The highest BCUT2D eigenvalue weighted by atomic mass is 79.9. The topological polar surface area (TPSA) is 38.3 Å². The van der Waals surface area contributed by atoms with Crippen molar-refractivity contribution in [2.75, 3.05) is 14.2 Å². The summed E-state index contributed by atoms with van der Waals surface area (Å²) in [5.74, 6) is -0.169. The Labute approximate surface area is 111 Å². The third-order valence-corrected chi connectivity index (χ3v) is 3.32. The van der Waals surface area contributed by atoms with Gasteiger partial charge in [-0.15, -0.1) is 0 Å². The van der Waals surface area contributed by atoms with E-state index in [1.807, 2.05) is 13.1 Å². The molecule has 1 N–H and O–H groups in total. The van der Waals surface area contributed by atoms with Crippen LogP contribution in [0.2, 0.25) is 0 Å². The summed E-state index contributed by atoms with van der Waals surface area (Å²) in [5, 5.41) is 3.24. The van der Waals surface area contributed by atoms with Gasteiger partial charge in [-0.05, 0) is 43.7 Å². The number of benzene rings is 1. The number of hydrogen-bond donors (Lipinski definition) is 1. The van der Waals surface area contributed by atoms with E-state index < -0.39 is 0 Å². The molecule has 1 atom stereocenters. The molecule has 0 aromatic heterocycles. The first-order chi connectivity index (χ1) is 8.08. The molecular weight excluding hydrogens is 282 g/mol. The van der Waals surface area contributed by atoms with Gasteiger partial charge >= 0.3 is 5.97 Å². The Kier molecular flexibility index (Phi) is 5.65. The molecule has 1 unspecified atom stereocenters. The molecule has 0 aliphatic rings. The normalized spacial score (nSPS) is 12.2. The highest BCUT2D eigenvalue weighted by molar-refractivity contribution is 9.10. The van der Waals surface area contributed by atoms with Crippen LogP contribution in [0.1, 0.15) is 30.0 Å². The lowest BCUT2D eigenvalue weighted by molar-refractivity contribution is -0.140. The summed E-state index contributed by atoms with van der Waals surface area (Å²) in [6.45, 7) is 2.07. The summed E-state index contributed by atoms with van der Waals surface area (Å²) in [6, 6.07) is 6.35. The molecule has 0 spiro atoms. The maximum atomic E-state index is 11.2. The highest BCUT2D eigenvalue weighted by Gasteiger charge is 2.14. The first-order valence-corrected chi connectivity index (χ1v) is 6.38. The summed E-state index contributed by atoms with van der Waals surface area (Å²) in [4.78, 5) is 11.2. The molecule has 0 saturated heterocycles. The maximum absolute atomic E-state index is 11.2. The van der Waals surface area contributed by atoms with Gasteiger partial charge in [0.1, 0.15) is 0 Å². The zero-order chi connectivity index (χ0) is 12.8. The van der Waals surface area contributed by atoms with Crippen LogP contribution in [0.3, 0.4) is 0 Å². The molecule has 3 nitrogen and oxygen atoms in total. The van der Waals surface area contributed by atoms with Gasteiger partial charge in [0.15, 0.2) is 0 Å². The van der Waals surface area contributed by atoms with Crippen molar-refractivity contribution in [1.29, 1.82) is 0 Å². The van der Waals surface area contributed by atoms with Crippen LogP contribution in [-0.2, 0) is 9.53 Å². The van der Waals surface area contributed by atoms with Gasteiger partial charge in [-0.3, -0.25) is 4.79 Å². The minimum Gasteiger partial charge on any atom is -0.469 e. The number of carbonyl (C=O) groups is 1. The Morgan fingerprint density at radius 3 is 2.82 bits per heavy atom. The summed E-state index contributed by atoms with van der Waals surface area (Å²) in [7, 11) is 3.32. The second-order valence-electron chi connectivity index (χ2n) is 3.96. The van der Waals surface area contributed by atoms with Crippen LogP contribution < -0.4 is 5.32 Å². The largest absolute Gasteiger partial charge is 0.469 e. The van der Waals surface area contributed by atoms with Crippen molar-refractivity contribution >= 4 is 21.9 Å². The van der Waals surface area contributed by atoms with Gasteiger partial charge in [0.05, 0.1) is 7.11 Å². The lowest BCUT2D eigenvalue weighted by Gasteiger charge is -2.18. The van der Waals surface area contributed by atoms with E-state index in [4.69, 9.17) is 0 Å². The van der Waals surface area contributed by atoms with Crippen LogP contribution in [-0.4, -0.2) is 20.1 Å². The fraction of sp³-hybridized carbons (Fsp3) is 0.462. The van der Waals surface area contributed by atoms with E-state index in [9.17, 15) is 4.79 Å². The van der Waals surface area contributed by atoms with Crippen LogP contribution in [0.15, 0.2) is 22.7 Å². The summed E-state index contributed by atoms with van der Waals surface area (Å²) < 4.78 is 5.71. The Hall–Kier alpha value is -0.870. The second kappa shape index (κ2) is 6.77. The fourth-order valence-corrected chi connectivity index (χ4v) is 2.19. The number of carbonyl (C=O) groups excluding carboxylic acids is 1. The number of aryl methyl sites for hydroxylation is 1. The minimum absolute atomic E-state index is 0.169. The number of ether oxygens (including phenoxy) is 1. The van der Waals surface area contributed by atoms with E-state index >= 15 is 0 Å². The smallest absolute Gasteiger partial charge is 0.305 e. The Balaban J connectivity index is 2.78. The molecule has 1 aromatic rings. The predicted molar refractivity (Wildman–Crippen MR) is 71.9 cm³/mol. The lowest BCUT2D eigenvalue weighted by atomic mass is 9.98. The van der Waals surface area contributed by atoms with Crippen LogP contribution in [0.5, 0.6) is 0 Å². The van der Waals surface area contributed by atoms with Gasteiger partial charge < -0.3 is 10.1 Å². The Bertz CT molecular complexity index is 393. The zero-order valence-corrected chi connectivity index (χ0v) is 12.0. The molecule has 0 amide bonds. The van der Waals surface area contributed by atoms with Gasteiger partial charge in [0.2, 0.25) is 0 Å². The van der Waals surface area contributed by atoms with Crippen molar-refractivity contribution < 1.29 is 9.53 Å². The molecule has 1 aromatic carbocycles. The number of halogens is 1. The van der Waals surface area contributed by atoms with Crippen molar-refractivity contribution in [3.8, 4) is 0 Å². The lowest BCUT2D eigenvalue weighted by Crippen LogP contribution is -2.19. The van der Waals surface area contributed by atoms with E-state index in [-0.39, 0.29) is 12.0 Å². The summed E-state index contributed by atoms with van der Waals surface area (Å²) in [5.41, 5.74) is 2.43. The summed E-state index contributed by atoms with van der Waals surface area (Å²) >= 11 is 3.47. The Morgan fingerprint density at radius 2 is 2.24 bits per heavy atom. The van der Waals surface area contributed by atoms with E-state index in [2.05, 4.69) is 45.0 Å². The summed E-state index contributed by atoms with van der Waals surface area (Å²) in [6.07, 6.45) is 1.16. The molecule has 0 aliphatic carbocycles. The monoisotopic (exact) mass is 299 g/mol. The maximum Gasteiger partial charge on any atom is 0.305 e. The van der Waals surface area contributed by atoms with Gasteiger partial charge in [-0.25, -0.2) is 0 Å². The number of rotatable bonds is 5. The fourth-order valence-electron chi connectivity index (χ4n) is 1.81. The SMILES string of the molecule is CNC(CCC(=O)OC)c1cc(Br)ccc1C. The molecule has 0 saturated carbocycles. The van der Waals surface area contributed by atoms with E-state index in [1.54, 1.807) is 0 Å². The molecule has 0 bridgehead atoms. The number of methoxy groups -OCH3 is 1. The Morgan fingerprint density at radius 1 is 1.53 bits per heavy atom. The molecule has 17 heavy (non-hydrogen) atoms. The molecule has 0 heterocycles. The third-order valence-electron chi connectivity index (χ3n) is 2.83.